The molecule has 0 saturated carbocycles. The minimum atomic E-state index is 0.0826. The molecular formula is C9H7IO3. The van der Waals surface area contributed by atoms with Crippen LogP contribution in [0.1, 0.15) is 16.8 Å². The maximum Gasteiger partial charge on any atom is 0.170 e. The Morgan fingerprint density at radius 1 is 1.46 bits per heavy atom. The zero-order valence-electron chi connectivity index (χ0n) is 6.71. The van der Waals surface area contributed by atoms with Crippen LogP contribution < -0.4 is 4.74 Å². The average Bonchev–Trinajstić information content (AvgIpc) is 2.09. The predicted octanol–water partition coefficient (Wildman–Crippen LogP) is 1.96. The highest BCUT2D eigenvalue weighted by Gasteiger charge is 2.19. The third-order valence-electron chi connectivity index (χ3n) is 1.94. The summed E-state index contributed by atoms with van der Waals surface area (Å²) in [4.78, 5) is 11.4. The molecule has 3 nitrogen and oxygen atoms in total. The number of rotatable bonds is 0. The van der Waals surface area contributed by atoms with Crippen LogP contribution in [-0.2, 0) is 0 Å². The highest BCUT2D eigenvalue weighted by Crippen LogP contribution is 2.32. The molecule has 1 aliphatic rings. The van der Waals surface area contributed by atoms with Gasteiger partial charge in [0.05, 0.1) is 15.7 Å². The normalized spacial score (nSPS) is 15.0. The van der Waals surface area contributed by atoms with Crippen LogP contribution in [0.25, 0.3) is 0 Å². The van der Waals surface area contributed by atoms with Crippen molar-refractivity contribution in [3.8, 4) is 11.5 Å². The van der Waals surface area contributed by atoms with Crippen LogP contribution in [0, 0.1) is 3.57 Å². The molecule has 13 heavy (non-hydrogen) atoms. The molecule has 0 fully saturated rings. The van der Waals surface area contributed by atoms with E-state index in [1.54, 1.807) is 6.07 Å². The summed E-state index contributed by atoms with van der Waals surface area (Å²) in [6.45, 7) is 0.409. The number of carbonyl (C=O) groups excluding carboxylic acids is 1. The van der Waals surface area contributed by atoms with Crippen molar-refractivity contribution in [2.24, 2.45) is 0 Å². The van der Waals surface area contributed by atoms with Crippen LogP contribution in [0.2, 0.25) is 0 Å². The fraction of sp³-hybridized carbons (Fsp3) is 0.222. The summed E-state index contributed by atoms with van der Waals surface area (Å²) >= 11 is 1.98. The number of Topliss-reactive ketones (excluding diaryl/α,β-unsaturated/α-hetero) is 1. The first-order chi connectivity index (χ1) is 6.18. The average molecular weight is 290 g/mol. The van der Waals surface area contributed by atoms with Gasteiger partial charge in [0.15, 0.2) is 5.78 Å². The molecule has 1 aliphatic heterocycles. The quantitative estimate of drug-likeness (QED) is 0.743. The molecule has 1 aromatic rings. The topological polar surface area (TPSA) is 46.5 Å². The molecule has 68 valence electrons. The molecule has 0 aromatic heterocycles. The van der Waals surface area contributed by atoms with Gasteiger partial charge in [-0.25, -0.2) is 0 Å². The minimum Gasteiger partial charge on any atom is -0.507 e. The van der Waals surface area contributed by atoms with Gasteiger partial charge >= 0.3 is 0 Å². The molecule has 0 aliphatic carbocycles. The fourth-order valence-corrected chi connectivity index (χ4v) is 1.74. The number of hydrogen-bond acceptors (Lipinski definition) is 3. The van der Waals surface area contributed by atoms with Crippen molar-refractivity contribution in [2.75, 3.05) is 6.61 Å². The lowest BCUT2D eigenvalue weighted by molar-refractivity contribution is 0.0933. The molecule has 1 aromatic carbocycles. The van der Waals surface area contributed by atoms with Crippen molar-refractivity contribution in [1.82, 2.24) is 0 Å². The Kier molecular flexibility index (Phi) is 2.15. The summed E-state index contributed by atoms with van der Waals surface area (Å²) in [5.74, 6) is 0.738. The van der Waals surface area contributed by atoms with Gasteiger partial charge in [-0.2, -0.15) is 0 Å². The maximum atomic E-state index is 11.4. The molecular weight excluding hydrogens is 283 g/mol. The Balaban J connectivity index is 2.58. The van der Waals surface area contributed by atoms with E-state index in [-0.39, 0.29) is 11.5 Å². The smallest absolute Gasteiger partial charge is 0.170 e. The number of phenolic OH excluding ortho intramolecular Hbond substituents is 1. The molecule has 1 N–H and O–H groups in total. The van der Waals surface area contributed by atoms with Crippen molar-refractivity contribution in [3.63, 3.8) is 0 Å². The van der Waals surface area contributed by atoms with Crippen molar-refractivity contribution in [3.05, 3.63) is 21.3 Å². The van der Waals surface area contributed by atoms with E-state index in [2.05, 4.69) is 0 Å². The summed E-state index contributed by atoms with van der Waals surface area (Å²) in [6, 6.07) is 3.15. The third-order valence-corrected chi connectivity index (χ3v) is 2.80. The van der Waals surface area contributed by atoms with E-state index in [0.717, 1.165) is 0 Å². The number of aromatic hydroxyl groups is 1. The second-order valence-corrected chi connectivity index (χ2v) is 3.98. The van der Waals surface area contributed by atoms with Gasteiger partial charge in [-0.1, -0.05) is 0 Å². The Morgan fingerprint density at radius 3 is 3.00 bits per heavy atom. The molecule has 2 rings (SSSR count). The van der Waals surface area contributed by atoms with Crippen molar-refractivity contribution < 1.29 is 14.6 Å². The monoisotopic (exact) mass is 290 g/mol. The van der Waals surface area contributed by atoms with Crippen LogP contribution >= 0.6 is 22.6 Å². The zero-order valence-corrected chi connectivity index (χ0v) is 8.87. The molecule has 1 heterocycles. The van der Waals surface area contributed by atoms with Gasteiger partial charge in [0.25, 0.3) is 0 Å². The molecule has 4 heteroatoms. The van der Waals surface area contributed by atoms with Crippen molar-refractivity contribution in [2.45, 2.75) is 6.42 Å². The molecule has 0 radical (unpaired) electrons. The molecule has 0 atom stereocenters. The second kappa shape index (κ2) is 3.17. The van der Waals surface area contributed by atoms with Crippen molar-refractivity contribution >= 4 is 28.4 Å². The number of hydrogen-bond donors (Lipinski definition) is 1. The minimum absolute atomic E-state index is 0.0826. The first kappa shape index (κ1) is 8.80. The van der Waals surface area contributed by atoms with Gasteiger partial charge < -0.3 is 9.84 Å². The number of ketones is 1. The van der Waals surface area contributed by atoms with Gasteiger partial charge in [-0.3, -0.25) is 4.79 Å². The number of ether oxygens (including phenoxy) is 1. The van der Waals surface area contributed by atoms with Gasteiger partial charge in [0, 0.05) is 12.5 Å². The zero-order chi connectivity index (χ0) is 9.42. The van der Waals surface area contributed by atoms with Crippen LogP contribution in [0.4, 0.5) is 0 Å². The summed E-state index contributed by atoms with van der Waals surface area (Å²) in [5, 5.41) is 9.36. The van der Waals surface area contributed by atoms with Gasteiger partial charge in [-0.15, -0.1) is 0 Å². The van der Waals surface area contributed by atoms with Crippen LogP contribution in [0.3, 0.4) is 0 Å². The number of phenols is 1. The van der Waals surface area contributed by atoms with E-state index < -0.39 is 0 Å². The summed E-state index contributed by atoms with van der Waals surface area (Å²) < 4.78 is 5.92. The lowest BCUT2D eigenvalue weighted by atomic mass is 10.1. The Hall–Kier alpha value is -0.780. The van der Waals surface area contributed by atoms with E-state index in [1.165, 1.54) is 6.07 Å². The second-order valence-electron chi connectivity index (χ2n) is 2.82. The standard InChI is InChI=1S/C9H7IO3/c10-6-3-5-7(11)1-2-13-9(5)4-8(6)12/h3-4,12H,1-2H2. The van der Waals surface area contributed by atoms with Crippen LogP contribution in [0.15, 0.2) is 12.1 Å². The number of carbonyl (C=O) groups is 1. The molecule has 0 amide bonds. The van der Waals surface area contributed by atoms with Crippen LogP contribution in [0.5, 0.6) is 11.5 Å². The van der Waals surface area contributed by atoms with E-state index in [9.17, 15) is 9.90 Å². The molecule has 0 spiro atoms. The first-order valence-corrected chi connectivity index (χ1v) is 4.95. The largest absolute Gasteiger partial charge is 0.507 e. The SMILES string of the molecule is O=C1CCOc2cc(O)c(I)cc21. The number of benzene rings is 1. The summed E-state index contributed by atoms with van der Waals surface area (Å²) in [7, 11) is 0. The molecule has 0 bridgehead atoms. The van der Waals surface area contributed by atoms with Gasteiger partial charge in [-0.05, 0) is 28.7 Å². The van der Waals surface area contributed by atoms with E-state index >= 15 is 0 Å². The lowest BCUT2D eigenvalue weighted by Gasteiger charge is -2.16. The number of halogens is 1. The van der Waals surface area contributed by atoms with Crippen molar-refractivity contribution in [1.29, 1.82) is 0 Å². The van der Waals surface area contributed by atoms with E-state index in [4.69, 9.17) is 4.74 Å². The fourth-order valence-electron chi connectivity index (χ4n) is 1.27. The number of fused-ring (bicyclic) bond motifs is 1. The first-order valence-electron chi connectivity index (χ1n) is 3.87. The Labute approximate surface area is 88.9 Å². The van der Waals surface area contributed by atoms with Crippen LogP contribution in [-0.4, -0.2) is 17.5 Å². The summed E-state index contributed by atoms with van der Waals surface area (Å²) in [6.07, 6.45) is 0.424. The van der Waals surface area contributed by atoms with Gasteiger partial charge in [0.1, 0.15) is 11.5 Å². The van der Waals surface area contributed by atoms with E-state index in [1.807, 2.05) is 22.6 Å². The molecule has 0 unspecified atom stereocenters. The highest BCUT2D eigenvalue weighted by molar-refractivity contribution is 14.1. The summed E-state index contributed by atoms with van der Waals surface area (Å²) in [5.41, 5.74) is 0.577. The lowest BCUT2D eigenvalue weighted by Crippen LogP contribution is -2.15. The maximum absolute atomic E-state index is 11.4. The Bertz CT molecular complexity index is 373. The van der Waals surface area contributed by atoms with E-state index in [0.29, 0.717) is 27.9 Å². The third kappa shape index (κ3) is 1.50. The predicted molar refractivity (Wildman–Crippen MR) is 55.3 cm³/mol. The highest BCUT2D eigenvalue weighted by atomic mass is 127. The van der Waals surface area contributed by atoms with Gasteiger partial charge in [0.2, 0.25) is 0 Å². The molecule has 0 saturated heterocycles. The Morgan fingerprint density at radius 2 is 2.23 bits per heavy atom.